The van der Waals surface area contributed by atoms with Crippen molar-refractivity contribution in [2.75, 3.05) is 5.32 Å². The maximum absolute atomic E-state index is 14.2. The number of alkyl halides is 3. The molecule has 0 bridgehead atoms. The first-order valence-electron chi connectivity index (χ1n) is 8.98. The van der Waals surface area contributed by atoms with E-state index in [1.807, 2.05) is 0 Å². The van der Waals surface area contributed by atoms with E-state index in [1.54, 1.807) is 0 Å². The number of benzene rings is 3. The highest BCUT2D eigenvalue weighted by Gasteiger charge is 2.30. The topological polar surface area (TPSA) is 75.3 Å². The largest absolute Gasteiger partial charge is 0.416 e. The van der Waals surface area contributed by atoms with Crippen LogP contribution in [0.25, 0.3) is 0 Å². The summed E-state index contributed by atoms with van der Waals surface area (Å²) in [6, 6.07) is 11.1. The third-order valence-corrected chi connectivity index (χ3v) is 5.74. The molecule has 0 saturated carbocycles. The van der Waals surface area contributed by atoms with Gasteiger partial charge in [-0.05, 0) is 60.2 Å². The predicted octanol–water partition coefficient (Wildman–Crippen LogP) is 4.71. The Morgan fingerprint density at radius 1 is 0.875 bits per heavy atom. The monoisotopic (exact) mass is 470 g/mol. The normalized spacial score (nSPS) is 11.9. The van der Waals surface area contributed by atoms with Crippen molar-refractivity contribution in [1.29, 1.82) is 0 Å². The van der Waals surface area contributed by atoms with E-state index in [1.165, 1.54) is 12.1 Å². The van der Waals surface area contributed by atoms with Gasteiger partial charge >= 0.3 is 6.18 Å². The van der Waals surface area contributed by atoms with Crippen LogP contribution in [-0.4, -0.2) is 14.3 Å². The highest BCUT2D eigenvalue weighted by molar-refractivity contribution is 7.89. The molecule has 168 valence electrons. The van der Waals surface area contributed by atoms with Gasteiger partial charge in [0.05, 0.1) is 16.0 Å². The van der Waals surface area contributed by atoms with Crippen molar-refractivity contribution in [1.82, 2.24) is 4.72 Å². The molecule has 1 amide bonds. The number of carbonyl (C=O) groups excluding carboxylic acids is 1. The Morgan fingerprint density at radius 2 is 1.50 bits per heavy atom. The van der Waals surface area contributed by atoms with Crippen molar-refractivity contribution < 1.29 is 35.2 Å². The molecule has 0 spiro atoms. The molecule has 11 heteroatoms. The van der Waals surface area contributed by atoms with Crippen molar-refractivity contribution in [3.05, 3.63) is 95.1 Å². The first kappa shape index (κ1) is 23.4. The lowest BCUT2D eigenvalue weighted by molar-refractivity contribution is -0.137. The molecular weight excluding hydrogens is 455 g/mol. The Bertz CT molecular complexity index is 1230. The standard InChI is InChI=1S/C21H15F5N2O3S/c22-15-5-1-13(2-6-15)12-27-32(30,31)17-9-10-19(23)18(11-17)20(29)28-16-7-3-14(4-8-16)21(24,25)26/h1-11,27H,12H2,(H,28,29). The minimum Gasteiger partial charge on any atom is -0.322 e. The van der Waals surface area contributed by atoms with Crippen LogP contribution < -0.4 is 10.0 Å². The third-order valence-electron chi connectivity index (χ3n) is 4.34. The van der Waals surface area contributed by atoms with E-state index in [0.29, 0.717) is 5.56 Å². The van der Waals surface area contributed by atoms with Crippen molar-refractivity contribution in [2.24, 2.45) is 0 Å². The molecule has 3 aromatic carbocycles. The lowest BCUT2D eigenvalue weighted by Gasteiger charge is -2.11. The average molecular weight is 470 g/mol. The van der Waals surface area contributed by atoms with Crippen LogP contribution in [-0.2, 0) is 22.7 Å². The van der Waals surface area contributed by atoms with E-state index in [-0.39, 0.29) is 12.2 Å². The number of hydrogen-bond acceptors (Lipinski definition) is 3. The Hall–Kier alpha value is -3.31. The van der Waals surface area contributed by atoms with Gasteiger partial charge in [0, 0.05) is 12.2 Å². The van der Waals surface area contributed by atoms with Crippen LogP contribution >= 0.6 is 0 Å². The van der Waals surface area contributed by atoms with Gasteiger partial charge in [0.2, 0.25) is 10.0 Å². The van der Waals surface area contributed by atoms with Crippen molar-refractivity contribution in [3.63, 3.8) is 0 Å². The quantitative estimate of drug-likeness (QED) is 0.513. The summed E-state index contributed by atoms with van der Waals surface area (Å²) >= 11 is 0. The van der Waals surface area contributed by atoms with E-state index in [2.05, 4.69) is 10.0 Å². The summed E-state index contributed by atoms with van der Waals surface area (Å²) < 4.78 is 92.3. The zero-order chi connectivity index (χ0) is 23.5. The highest BCUT2D eigenvalue weighted by atomic mass is 32.2. The van der Waals surface area contributed by atoms with E-state index < -0.39 is 49.8 Å². The molecule has 2 N–H and O–H groups in total. The molecule has 0 unspecified atom stereocenters. The van der Waals surface area contributed by atoms with Gasteiger partial charge in [0.25, 0.3) is 5.91 Å². The zero-order valence-electron chi connectivity index (χ0n) is 16.1. The van der Waals surface area contributed by atoms with Crippen LogP contribution in [0, 0.1) is 11.6 Å². The summed E-state index contributed by atoms with van der Waals surface area (Å²) in [6.45, 7) is -0.174. The fraction of sp³-hybridized carbons (Fsp3) is 0.0952. The molecule has 0 saturated heterocycles. The van der Waals surface area contributed by atoms with Gasteiger partial charge in [0.15, 0.2) is 0 Å². The van der Waals surface area contributed by atoms with Crippen molar-refractivity contribution >= 4 is 21.6 Å². The number of anilines is 1. The molecule has 0 aliphatic rings. The van der Waals surface area contributed by atoms with Crippen LogP contribution in [0.2, 0.25) is 0 Å². The van der Waals surface area contributed by atoms with E-state index in [0.717, 1.165) is 54.6 Å². The van der Waals surface area contributed by atoms with Crippen LogP contribution in [0.5, 0.6) is 0 Å². The van der Waals surface area contributed by atoms with E-state index >= 15 is 0 Å². The molecule has 3 rings (SSSR count). The van der Waals surface area contributed by atoms with Gasteiger partial charge in [-0.2, -0.15) is 13.2 Å². The van der Waals surface area contributed by atoms with E-state index in [4.69, 9.17) is 0 Å². The molecule has 5 nitrogen and oxygen atoms in total. The first-order valence-corrected chi connectivity index (χ1v) is 10.5. The smallest absolute Gasteiger partial charge is 0.322 e. The molecule has 0 radical (unpaired) electrons. The number of halogens is 5. The second-order valence-electron chi connectivity index (χ2n) is 6.62. The Labute approximate surface area is 179 Å². The molecule has 0 aliphatic heterocycles. The summed E-state index contributed by atoms with van der Waals surface area (Å²) in [5.41, 5.74) is -1.11. The molecular formula is C21H15F5N2O3S. The molecule has 0 heterocycles. The Morgan fingerprint density at radius 3 is 2.09 bits per heavy atom. The molecule has 32 heavy (non-hydrogen) atoms. The van der Waals surface area contributed by atoms with Crippen LogP contribution in [0.3, 0.4) is 0 Å². The number of amides is 1. The zero-order valence-corrected chi connectivity index (χ0v) is 16.9. The molecule has 0 aliphatic carbocycles. The average Bonchev–Trinajstić information content (AvgIpc) is 2.73. The molecule has 0 atom stereocenters. The number of nitrogens with one attached hydrogen (secondary N) is 2. The summed E-state index contributed by atoms with van der Waals surface area (Å²) in [6.07, 6.45) is -4.56. The second kappa shape index (κ2) is 9.05. The number of hydrogen-bond donors (Lipinski definition) is 2. The van der Waals surface area contributed by atoms with Gasteiger partial charge in [-0.1, -0.05) is 12.1 Å². The van der Waals surface area contributed by atoms with Gasteiger partial charge in [0.1, 0.15) is 11.6 Å². The highest BCUT2D eigenvalue weighted by Crippen LogP contribution is 2.30. The predicted molar refractivity (Wildman–Crippen MR) is 106 cm³/mol. The van der Waals surface area contributed by atoms with Crippen LogP contribution in [0.4, 0.5) is 27.6 Å². The minimum absolute atomic E-state index is 0.0369. The van der Waals surface area contributed by atoms with E-state index in [9.17, 15) is 35.2 Å². The Kier molecular flexibility index (Phi) is 6.60. The number of rotatable bonds is 6. The fourth-order valence-electron chi connectivity index (χ4n) is 2.65. The number of sulfonamides is 1. The van der Waals surface area contributed by atoms with Crippen LogP contribution in [0.1, 0.15) is 21.5 Å². The Balaban J connectivity index is 1.76. The third kappa shape index (κ3) is 5.68. The lowest BCUT2D eigenvalue weighted by atomic mass is 10.1. The summed E-state index contributed by atoms with van der Waals surface area (Å²) in [5.74, 6) is -2.55. The first-order chi connectivity index (χ1) is 15.0. The van der Waals surface area contributed by atoms with Crippen molar-refractivity contribution in [3.8, 4) is 0 Å². The summed E-state index contributed by atoms with van der Waals surface area (Å²) in [4.78, 5) is 12.0. The summed E-state index contributed by atoms with van der Waals surface area (Å²) in [5, 5.41) is 2.22. The number of carbonyl (C=O) groups is 1. The van der Waals surface area contributed by atoms with Gasteiger partial charge in [-0.15, -0.1) is 0 Å². The molecule has 0 aromatic heterocycles. The maximum Gasteiger partial charge on any atom is 0.416 e. The van der Waals surface area contributed by atoms with Gasteiger partial charge in [-0.25, -0.2) is 21.9 Å². The maximum atomic E-state index is 14.2. The lowest BCUT2D eigenvalue weighted by Crippen LogP contribution is -2.24. The summed E-state index contributed by atoms with van der Waals surface area (Å²) in [7, 11) is -4.15. The van der Waals surface area contributed by atoms with Gasteiger partial charge in [-0.3, -0.25) is 4.79 Å². The minimum atomic E-state index is -4.56. The van der Waals surface area contributed by atoms with Crippen LogP contribution in [0.15, 0.2) is 71.6 Å². The van der Waals surface area contributed by atoms with Gasteiger partial charge < -0.3 is 5.32 Å². The fourth-order valence-corrected chi connectivity index (χ4v) is 3.69. The molecule has 0 fully saturated rings. The molecule has 3 aromatic rings. The SMILES string of the molecule is O=C(Nc1ccc(C(F)(F)F)cc1)c1cc(S(=O)(=O)NCc2ccc(F)cc2)ccc1F. The van der Waals surface area contributed by atoms with Crippen molar-refractivity contribution in [2.45, 2.75) is 17.6 Å². The second-order valence-corrected chi connectivity index (χ2v) is 8.39.